The zero-order chi connectivity index (χ0) is 20.0. The highest BCUT2D eigenvalue weighted by Crippen LogP contribution is 2.26. The summed E-state index contributed by atoms with van der Waals surface area (Å²) in [5.41, 5.74) is 6.32. The number of hydrogen-bond acceptors (Lipinski definition) is 4. The number of carbonyl (C=O) groups excluding carboxylic acids is 1. The van der Waals surface area contributed by atoms with Gasteiger partial charge < -0.3 is 25.9 Å². The molecule has 5 N–H and O–H groups in total. The van der Waals surface area contributed by atoms with E-state index in [1.807, 2.05) is 39.0 Å². The van der Waals surface area contributed by atoms with Gasteiger partial charge in [-0.05, 0) is 51.5 Å². The van der Waals surface area contributed by atoms with Gasteiger partial charge in [-0.3, -0.25) is 4.79 Å². The molecule has 1 aromatic carbocycles. The summed E-state index contributed by atoms with van der Waals surface area (Å²) in [6.45, 7) is 8.81. The van der Waals surface area contributed by atoms with Crippen LogP contribution in [-0.4, -0.2) is 30.1 Å². The lowest BCUT2D eigenvalue weighted by Crippen LogP contribution is -2.44. The van der Waals surface area contributed by atoms with Crippen LogP contribution in [0.1, 0.15) is 46.9 Å². The zero-order valence-corrected chi connectivity index (χ0v) is 16.3. The molecule has 0 spiro atoms. The number of nitrogens with zero attached hydrogens (tertiary/aromatic N) is 1. The summed E-state index contributed by atoms with van der Waals surface area (Å²) in [7, 11) is 0. The van der Waals surface area contributed by atoms with Crippen molar-refractivity contribution in [1.29, 1.82) is 0 Å². The lowest BCUT2D eigenvalue weighted by Gasteiger charge is -2.24. The Balaban J connectivity index is 2.04. The van der Waals surface area contributed by atoms with E-state index in [0.717, 1.165) is 16.9 Å². The third-order valence-corrected chi connectivity index (χ3v) is 4.22. The van der Waals surface area contributed by atoms with Crippen LogP contribution >= 0.6 is 0 Å². The molecular formula is C20H28N4O3. The monoisotopic (exact) mass is 372 g/mol. The first-order chi connectivity index (χ1) is 12.7. The topological polar surface area (TPSA) is 113 Å². The maximum Gasteiger partial charge on any atom is 0.248 e. The second-order valence-corrected chi connectivity index (χ2v) is 6.71. The summed E-state index contributed by atoms with van der Waals surface area (Å²) >= 11 is 0. The van der Waals surface area contributed by atoms with Crippen LogP contribution < -0.4 is 16.4 Å². The SMILES string of the molecule is CCNC(=NCc1ccc(C(N)=O)cc1)NCC(C)(O)c1cc(C)oc1C. The number of benzene rings is 1. The lowest BCUT2D eigenvalue weighted by atomic mass is 9.96. The Labute approximate surface area is 159 Å². The molecule has 0 bridgehead atoms. The van der Waals surface area contributed by atoms with Crippen LogP contribution in [-0.2, 0) is 12.1 Å². The molecule has 1 atom stereocenters. The standard InChI is InChI=1S/C20H28N4O3/c1-5-22-19(23-11-15-6-8-16(9-7-15)18(21)25)24-12-20(4,26)17-10-13(2)27-14(17)3/h6-10,26H,5,11-12H2,1-4H3,(H2,21,25)(H2,22,23,24). The van der Waals surface area contributed by atoms with Crippen LogP contribution in [0.3, 0.4) is 0 Å². The van der Waals surface area contributed by atoms with Gasteiger partial charge in [-0.1, -0.05) is 12.1 Å². The van der Waals surface area contributed by atoms with Crippen LogP contribution in [0.4, 0.5) is 0 Å². The minimum Gasteiger partial charge on any atom is -0.466 e. The fourth-order valence-electron chi connectivity index (χ4n) is 2.80. The summed E-state index contributed by atoms with van der Waals surface area (Å²) in [6, 6.07) is 8.86. The van der Waals surface area contributed by atoms with E-state index in [1.54, 1.807) is 19.1 Å². The molecule has 7 nitrogen and oxygen atoms in total. The van der Waals surface area contributed by atoms with E-state index in [0.29, 0.717) is 30.4 Å². The molecule has 0 saturated heterocycles. The maximum absolute atomic E-state index is 11.1. The minimum atomic E-state index is -1.10. The van der Waals surface area contributed by atoms with Crippen LogP contribution in [0.5, 0.6) is 0 Å². The summed E-state index contributed by atoms with van der Waals surface area (Å²) in [6.07, 6.45) is 0. The summed E-state index contributed by atoms with van der Waals surface area (Å²) < 4.78 is 5.52. The minimum absolute atomic E-state index is 0.277. The van der Waals surface area contributed by atoms with E-state index in [1.165, 1.54) is 0 Å². The molecule has 1 unspecified atom stereocenters. The van der Waals surface area contributed by atoms with Crippen LogP contribution in [0.15, 0.2) is 39.7 Å². The first-order valence-electron chi connectivity index (χ1n) is 8.93. The van der Waals surface area contributed by atoms with Crippen molar-refractivity contribution in [3.05, 3.63) is 58.5 Å². The van der Waals surface area contributed by atoms with Crippen molar-refractivity contribution in [1.82, 2.24) is 10.6 Å². The molecule has 0 aliphatic rings. The van der Waals surface area contributed by atoms with Crippen LogP contribution in [0.25, 0.3) is 0 Å². The molecule has 1 amide bonds. The third-order valence-electron chi connectivity index (χ3n) is 4.22. The van der Waals surface area contributed by atoms with E-state index < -0.39 is 11.5 Å². The predicted molar refractivity (Wildman–Crippen MR) is 106 cm³/mol. The Kier molecular flexibility index (Phi) is 6.63. The van der Waals surface area contributed by atoms with Gasteiger partial charge in [0.1, 0.15) is 17.1 Å². The van der Waals surface area contributed by atoms with Gasteiger partial charge in [0.2, 0.25) is 5.91 Å². The number of aliphatic hydroxyl groups is 1. The van der Waals surface area contributed by atoms with E-state index in [2.05, 4.69) is 15.6 Å². The molecule has 2 rings (SSSR count). The summed E-state index contributed by atoms with van der Waals surface area (Å²) in [4.78, 5) is 15.7. The average Bonchev–Trinajstić information content (AvgIpc) is 2.97. The molecule has 2 aromatic rings. The van der Waals surface area contributed by atoms with Crippen molar-refractivity contribution in [3.8, 4) is 0 Å². The molecule has 0 aliphatic heterocycles. The molecule has 146 valence electrons. The molecular weight excluding hydrogens is 344 g/mol. The van der Waals surface area contributed by atoms with Crippen LogP contribution in [0, 0.1) is 13.8 Å². The van der Waals surface area contributed by atoms with Gasteiger partial charge >= 0.3 is 0 Å². The van der Waals surface area contributed by atoms with Crippen molar-refractivity contribution in [2.75, 3.05) is 13.1 Å². The van der Waals surface area contributed by atoms with Gasteiger partial charge in [-0.2, -0.15) is 0 Å². The predicted octanol–water partition coefficient (Wildman–Crippen LogP) is 1.96. The Morgan fingerprint density at radius 1 is 1.26 bits per heavy atom. The highest BCUT2D eigenvalue weighted by atomic mass is 16.3. The smallest absolute Gasteiger partial charge is 0.248 e. The fourth-order valence-corrected chi connectivity index (χ4v) is 2.80. The van der Waals surface area contributed by atoms with Gasteiger partial charge in [0.15, 0.2) is 5.96 Å². The number of carbonyl (C=O) groups is 1. The Morgan fingerprint density at radius 2 is 1.93 bits per heavy atom. The second-order valence-electron chi connectivity index (χ2n) is 6.71. The summed E-state index contributed by atoms with van der Waals surface area (Å²) in [5, 5.41) is 17.1. The van der Waals surface area contributed by atoms with Gasteiger partial charge in [-0.15, -0.1) is 0 Å². The van der Waals surface area contributed by atoms with E-state index in [-0.39, 0.29) is 6.54 Å². The number of aryl methyl sites for hydroxylation is 2. The average molecular weight is 372 g/mol. The first kappa shape index (κ1) is 20.5. The Hall–Kier alpha value is -2.80. The maximum atomic E-state index is 11.1. The Bertz CT molecular complexity index is 807. The number of rotatable bonds is 7. The molecule has 7 heteroatoms. The molecule has 1 aromatic heterocycles. The van der Waals surface area contributed by atoms with Gasteiger partial charge in [0, 0.05) is 17.7 Å². The number of furan rings is 1. The molecule has 0 radical (unpaired) electrons. The fraction of sp³-hybridized carbons (Fsp3) is 0.400. The van der Waals surface area contributed by atoms with E-state index >= 15 is 0 Å². The molecule has 0 aliphatic carbocycles. The summed E-state index contributed by atoms with van der Waals surface area (Å²) in [5.74, 6) is 1.61. The van der Waals surface area contributed by atoms with Crippen molar-refractivity contribution < 1.29 is 14.3 Å². The number of amides is 1. The molecule has 27 heavy (non-hydrogen) atoms. The lowest BCUT2D eigenvalue weighted by molar-refractivity contribution is 0.0601. The van der Waals surface area contributed by atoms with E-state index in [9.17, 15) is 9.90 Å². The number of aliphatic imine (C=N–C) groups is 1. The van der Waals surface area contributed by atoms with Crippen molar-refractivity contribution in [2.24, 2.45) is 10.7 Å². The Morgan fingerprint density at radius 3 is 2.44 bits per heavy atom. The van der Waals surface area contributed by atoms with Crippen molar-refractivity contribution in [2.45, 2.75) is 39.8 Å². The number of nitrogens with two attached hydrogens (primary N) is 1. The first-order valence-corrected chi connectivity index (χ1v) is 8.93. The number of primary amides is 1. The number of guanidine groups is 1. The quantitative estimate of drug-likeness (QED) is 0.438. The van der Waals surface area contributed by atoms with Gasteiger partial charge in [0.05, 0.1) is 13.1 Å². The highest BCUT2D eigenvalue weighted by molar-refractivity contribution is 5.92. The van der Waals surface area contributed by atoms with Crippen LogP contribution in [0.2, 0.25) is 0 Å². The van der Waals surface area contributed by atoms with Crippen molar-refractivity contribution >= 4 is 11.9 Å². The molecule has 1 heterocycles. The normalized spacial score (nSPS) is 13.9. The highest BCUT2D eigenvalue weighted by Gasteiger charge is 2.27. The largest absolute Gasteiger partial charge is 0.466 e. The van der Waals surface area contributed by atoms with Gasteiger partial charge in [0.25, 0.3) is 0 Å². The second kappa shape index (κ2) is 8.73. The van der Waals surface area contributed by atoms with E-state index in [4.69, 9.17) is 10.2 Å². The number of nitrogens with one attached hydrogen (secondary N) is 2. The van der Waals surface area contributed by atoms with Gasteiger partial charge in [-0.25, -0.2) is 4.99 Å². The number of hydrogen-bond donors (Lipinski definition) is 4. The molecule has 0 saturated carbocycles. The zero-order valence-electron chi connectivity index (χ0n) is 16.3. The van der Waals surface area contributed by atoms with Crippen molar-refractivity contribution in [3.63, 3.8) is 0 Å². The third kappa shape index (κ3) is 5.59. The molecule has 0 fully saturated rings.